The molecule has 33 heavy (non-hydrogen) atoms. The highest BCUT2D eigenvalue weighted by atomic mass is 19.4. The molecule has 2 aromatic heterocycles. The third kappa shape index (κ3) is 5.52. The number of Topliss-reactive ketones (excluding diaryl/α,β-unsaturated/α-hetero) is 2. The molecule has 0 aliphatic heterocycles. The van der Waals surface area contributed by atoms with E-state index in [2.05, 4.69) is 10.1 Å². The fourth-order valence-corrected chi connectivity index (χ4v) is 3.29. The molecule has 0 spiro atoms. The average molecular weight is 477 g/mol. The van der Waals surface area contributed by atoms with Gasteiger partial charge in [-0.2, -0.15) is 31.4 Å². The summed E-state index contributed by atoms with van der Waals surface area (Å²) in [7, 11) is 0. The Balaban J connectivity index is 1.96. The molecule has 0 fully saturated rings. The van der Waals surface area contributed by atoms with Gasteiger partial charge in [0.15, 0.2) is 18.1 Å². The normalized spacial score (nSPS) is 15.2. The molecule has 1 N–H and O–H groups in total. The van der Waals surface area contributed by atoms with E-state index in [0.29, 0.717) is 0 Å². The van der Waals surface area contributed by atoms with Gasteiger partial charge in [0.2, 0.25) is 5.78 Å². The molecule has 2 aromatic rings. The van der Waals surface area contributed by atoms with Crippen molar-refractivity contribution >= 4 is 11.6 Å². The van der Waals surface area contributed by atoms with Crippen molar-refractivity contribution in [1.29, 1.82) is 0 Å². The first-order valence-corrected chi connectivity index (χ1v) is 9.56. The summed E-state index contributed by atoms with van der Waals surface area (Å²) in [5, 5.41) is 13.3. The highest BCUT2D eigenvalue weighted by molar-refractivity contribution is 6.27. The first-order chi connectivity index (χ1) is 15.3. The van der Waals surface area contributed by atoms with Crippen LogP contribution in [0.1, 0.15) is 46.6 Å². The summed E-state index contributed by atoms with van der Waals surface area (Å²) in [6.45, 7) is -0.620. The van der Waals surface area contributed by atoms with Gasteiger partial charge < -0.3 is 9.84 Å². The first-order valence-electron chi connectivity index (χ1n) is 9.56. The maximum atomic E-state index is 13.5. The second-order valence-electron chi connectivity index (χ2n) is 7.30. The Morgan fingerprint density at radius 3 is 2.52 bits per heavy atom. The number of nitrogens with zero attached hydrogens (tertiary/aromatic N) is 3. The van der Waals surface area contributed by atoms with Gasteiger partial charge in [0, 0.05) is 30.8 Å². The van der Waals surface area contributed by atoms with Crippen LogP contribution in [0.3, 0.4) is 0 Å². The van der Waals surface area contributed by atoms with Crippen molar-refractivity contribution in [1.82, 2.24) is 14.8 Å². The van der Waals surface area contributed by atoms with Gasteiger partial charge in [0.25, 0.3) is 0 Å². The number of carbonyl (C=O) groups is 2. The highest BCUT2D eigenvalue weighted by Crippen LogP contribution is 2.34. The van der Waals surface area contributed by atoms with Gasteiger partial charge in [-0.05, 0) is 19.4 Å². The third-order valence-electron chi connectivity index (χ3n) is 4.85. The Kier molecular flexibility index (Phi) is 6.52. The summed E-state index contributed by atoms with van der Waals surface area (Å²) in [4.78, 5) is 28.7. The number of aliphatic hydroxyl groups excluding tert-OH is 1. The number of hydrogen-bond donors (Lipinski definition) is 1. The van der Waals surface area contributed by atoms with Crippen LogP contribution in [0.25, 0.3) is 0 Å². The zero-order valence-electron chi connectivity index (χ0n) is 17.0. The molecule has 1 aliphatic carbocycles. The van der Waals surface area contributed by atoms with Crippen LogP contribution in [0.4, 0.5) is 26.3 Å². The van der Waals surface area contributed by atoms with Gasteiger partial charge in [-0.1, -0.05) is 0 Å². The molecule has 3 rings (SSSR count). The van der Waals surface area contributed by atoms with Gasteiger partial charge in [0.05, 0.1) is 17.8 Å². The lowest BCUT2D eigenvalue weighted by Gasteiger charge is -2.14. The number of aliphatic hydroxyl groups is 1. The van der Waals surface area contributed by atoms with Gasteiger partial charge in [-0.15, -0.1) is 0 Å². The van der Waals surface area contributed by atoms with Crippen LogP contribution in [0.15, 0.2) is 29.8 Å². The summed E-state index contributed by atoms with van der Waals surface area (Å²) in [6, 6.07) is 1.17. The molecule has 0 amide bonds. The van der Waals surface area contributed by atoms with E-state index in [9.17, 15) is 41.0 Å². The van der Waals surface area contributed by atoms with E-state index >= 15 is 0 Å². The SMILES string of the molecule is Cc1c(OCC(F)(F)F)ccnc1Cn1cc(C(=O)C2=C(O)CCCC2=O)c(C(F)(F)F)n1. The number of rotatable bonds is 6. The van der Waals surface area contributed by atoms with Gasteiger partial charge in [-0.3, -0.25) is 19.3 Å². The van der Waals surface area contributed by atoms with Crippen molar-refractivity contribution in [2.75, 3.05) is 6.61 Å². The van der Waals surface area contributed by atoms with Crippen LogP contribution in [0.2, 0.25) is 0 Å². The molecular formula is C20H17F6N3O4. The molecule has 2 heterocycles. The molecule has 0 radical (unpaired) electrons. The van der Waals surface area contributed by atoms with Crippen molar-refractivity contribution in [2.24, 2.45) is 0 Å². The second-order valence-corrected chi connectivity index (χ2v) is 7.30. The zero-order chi connectivity index (χ0) is 24.6. The smallest absolute Gasteiger partial charge is 0.435 e. The molecular weight excluding hydrogens is 460 g/mol. The Bertz CT molecular complexity index is 1120. The number of aromatic nitrogens is 3. The fourth-order valence-electron chi connectivity index (χ4n) is 3.29. The number of ketones is 2. The fraction of sp³-hybridized carbons (Fsp3) is 0.400. The number of carbonyl (C=O) groups excluding carboxylic acids is 2. The number of hydrogen-bond acceptors (Lipinski definition) is 6. The van der Waals surface area contributed by atoms with Crippen molar-refractivity contribution in [3.63, 3.8) is 0 Å². The molecule has 0 unspecified atom stereocenters. The second kappa shape index (κ2) is 8.87. The van der Waals surface area contributed by atoms with Gasteiger partial charge in [0.1, 0.15) is 17.1 Å². The first kappa shape index (κ1) is 24.3. The third-order valence-corrected chi connectivity index (χ3v) is 4.85. The molecule has 178 valence electrons. The standard InChI is InChI=1S/C20H17F6N3O4/c1-10-12(27-6-5-15(10)33-9-19(21,22)23)8-29-7-11(18(28-29)20(24,25)26)17(32)16-13(30)3-2-4-14(16)31/h5-7,30H,2-4,8-9H2,1H3. The Hall–Kier alpha value is -3.38. The lowest BCUT2D eigenvalue weighted by molar-refractivity contribution is -0.153. The number of ether oxygens (including phenoxy) is 1. The summed E-state index contributed by atoms with van der Waals surface area (Å²) in [5.74, 6) is -2.82. The number of pyridine rings is 1. The van der Waals surface area contributed by atoms with Crippen LogP contribution in [0.5, 0.6) is 5.75 Å². The maximum absolute atomic E-state index is 13.5. The minimum absolute atomic E-state index is 0.0177. The van der Waals surface area contributed by atoms with E-state index in [1.807, 2.05) is 0 Å². The van der Waals surface area contributed by atoms with Crippen LogP contribution in [-0.4, -0.2) is 44.2 Å². The molecule has 0 saturated carbocycles. The molecule has 0 atom stereocenters. The Labute approximate surface area is 182 Å². The lowest BCUT2D eigenvalue weighted by atomic mass is 9.90. The van der Waals surface area contributed by atoms with E-state index in [1.165, 1.54) is 13.0 Å². The quantitative estimate of drug-likeness (QED) is 0.378. The molecule has 13 heteroatoms. The summed E-state index contributed by atoms with van der Waals surface area (Å²) in [5.41, 5.74) is -3.00. The van der Waals surface area contributed by atoms with Crippen molar-refractivity contribution < 1.29 is 45.8 Å². The van der Waals surface area contributed by atoms with E-state index in [-0.39, 0.29) is 36.3 Å². The summed E-state index contributed by atoms with van der Waals surface area (Å²) in [6.07, 6.45) is -7.60. The maximum Gasteiger partial charge on any atom is 0.435 e. The van der Waals surface area contributed by atoms with E-state index in [0.717, 1.165) is 17.1 Å². The Morgan fingerprint density at radius 1 is 1.21 bits per heavy atom. The van der Waals surface area contributed by atoms with E-state index in [1.54, 1.807) is 0 Å². The minimum atomic E-state index is -5.05. The predicted molar refractivity (Wildman–Crippen MR) is 99.7 cm³/mol. The van der Waals surface area contributed by atoms with Crippen molar-refractivity contribution in [2.45, 2.75) is 45.1 Å². The summed E-state index contributed by atoms with van der Waals surface area (Å²) < 4.78 is 83.4. The van der Waals surface area contributed by atoms with Gasteiger partial charge in [-0.25, -0.2) is 0 Å². The highest BCUT2D eigenvalue weighted by Gasteiger charge is 2.41. The number of halogens is 6. The predicted octanol–water partition coefficient (Wildman–Crippen LogP) is 4.34. The number of alkyl halides is 6. The van der Waals surface area contributed by atoms with Crippen LogP contribution >= 0.6 is 0 Å². The summed E-state index contributed by atoms with van der Waals surface area (Å²) >= 11 is 0. The molecule has 7 nitrogen and oxygen atoms in total. The largest absolute Gasteiger partial charge is 0.511 e. The van der Waals surface area contributed by atoms with Crippen molar-refractivity contribution in [3.8, 4) is 5.75 Å². The molecule has 0 bridgehead atoms. The Morgan fingerprint density at radius 2 is 1.91 bits per heavy atom. The number of allylic oxidation sites excluding steroid dienone is 2. The zero-order valence-corrected chi connectivity index (χ0v) is 17.0. The molecule has 1 aliphatic rings. The molecule has 0 saturated heterocycles. The monoisotopic (exact) mass is 477 g/mol. The lowest BCUT2D eigenvalue weighted by Crippen LogP contribution is -2.21. The van der Waals surface area contributed by atoms with Gasteiger partial charge >= 0.3 is 12.4 Å². The van der Waals surface area contributed by atoms with Crippen LogP contribution < -0.4 is 4.74 Å². The van der Waals surface area contributed by atoms with Crippen molar-refractivity contribution in [3.05, 3.63) is 52.3 Å². The topological polar surface area (TPSA) is 94.3 Å². The van der Waals surface area contributed by atoms with E-state index in [4.69, 9.17) is 4.74 Å². The average Bonchev–Trinajstić information content (AvgIpc) is 3.12. The minimum Gasteiger partial charge on any atom is -0.511 e. The van der Waals surface area contributed by atoms with E-state index < -0.39 is 59.7 Å². The molecule has 0 aromatic carbocycles. The van der Waals surface area contributed by atoms with Crippen LogP contribution in [0, 0.1) is 6.92 Å². The van der Waals surface area contributed by atoms with Crippen LogP contribution in [-0.2, 0) is 17.5 Å².